The van der Waals surface area contributed by atoms with Gasteiger partial charge in [-0.25, -0.2) is 9.18 Å². The number of carbonyl (C=O) groups excluding carboxylic acids is 2. The Morgan fingerprint density at radius 3 is 2.46 bits per heavy atom. The van der Waals surface area contributed by atoms with E-state index in [0.29, 0.717) is 54.7 Å². The molecule has 2 fully saturated rings. The van der Waals surface area contributed by atoms with Gasteiger partial charge in [-0.05, 0) is 62.8 Å². The zero-order chi connectivity index (χ0) is 27.9. The van der Waals surface area contributed by atoms with Gasteiger partial charge in [-0.1, -0.05) is 31.3 Å². The Bertz CT molecular complexity index is 1170. The molecule has 0 saturated carbocycles. The number of piperazine rings is 1. The number of hydrogen-bond acceptors (Lipinski definition) is 7. The van der Waals surface area contributed by atoms with Crippen LogP contribution in [0.1, 0.15) is 25.3 Å². The molecule has 0 radical (unpaired) electrons. The summed E-state index contributed by atoms with van der Waals surface area (Å²) < 4.78 is 26.4. The Morgan fingerprint density at radius 1 is 1.15 bits per heavy atom. The molecule has 9 nitrogen and oxygen atoms in total. The Hall–Kier alpha value is -3.44. The maximum atomic E-state index is 15.3. The van der Waals surface area contributed by atoms with Crippen LogP contribution >= 0.6 is 12.2 Å². The Kier molecular flexibility index (Phi) is 9.58. The van der Waals surface area contributed by atoms with Gasteiger partial charge < -0.3 is 29.5 Å². The van der Waals surface area contributed by atoms with E-state index in [-0.39, 0.29) is 19.1 Å². The fourth-order valence-electron chi connectivity index (χ4n) is 4.72. The highest BCUT2D eigenvalue weighted by Gasteiger charge is 2.32. The first kappa shape index (κ1) is 28.6. The normalized spacial score (nSPS) is 17.2. The average Bonchev–Trinajstić information content (AvgIpc) is 3.33. The Morgan fingerprint density at radius 2 is 1.87 bits per heavy atom. The summed E-state index contributed by atoms with van der Waals surface area (Å²) in [7, 11) is 4.03. The van der Waals surface area contributed by atoms with E-state index in [1.54, 1.807) is 21.9 Å². The first-order valence-corrected chi connectivity index (χ1v) is 13.6. The largest absolute Gasteiger partial charge is 0.484 e. The number of ether oxygens (including phenoxy) is 2. The van der Waals surface area contributed by atoms with Crippen LogP contribution in [0.4, 0.5) is 20.6 Å². The predicted octanol–water partition coefficient (Wildman–Crippen LogP) is 3.61. The lowest BCUT2D eigenvalue weighted by atomic mass is 10.2. The maximum absolute atomic E-state index is 15.3. The van der Waals surface area contributed by atoms with Crippen LogP contribution in [0.25, 0.3) is 0 Å². The number of alkyl carbamates (subject to hydrolysis) is 1. The number of thiocarbonyl (C=S) groups is 1. The standard InChI is InChI=1S/C28H36FN5O4S/c1-4-5-27(39)34(26-17-30-28(36)38-26)21-8-11-24(23(29)16-21)32-12-14-33(15-13-32)25(35)19-37-22-9-6-20(7-10-22)18-31(2)3/h6-11,16,26H,4-5,12-15,17-19H2,1-3H3,(H,30,36). The highest BCUT2D eigenvalue weighted by molar-refractivity contribution is 7.80. The maximum Gasteiger partial charge on any atom is 0.409 e. The fraction of sp³-hybridized carbons (Fsp3) is 0.464. The molecule has 1 atom stereocenters. The molecular formula is C28H36FN5O4S. The second-order valence-electron chi connectivity index (χ2n) is 9.93. The molecular weight excluding hydrogens is 521 g/mol. The topological polar surface area (TPSA) is 77.6 Å². The number of amides is 2. The summed E-state index contributed by atoms with van der Waals surface area (Å²) in [5, 5.41) is 2.63. The van der Waals surface area contributed by atoms with E-state index >= 15 is 4.39 Å². The van der Waals surface area contributed by atoms with Crippen LogP contribution in [0, 0.1) is 5.82 Å². The molecule has 210 valence electrons. The van der Waals surface area contributed by atoms with Crippen molar-refractivity contribution in [3.8, 4) is 5.75 Å². The summed E-state index contributed by atoms with van der Waals surface area (Å²) in [6, 6.07) is 12.7. The molecule has 11 heteroatoms. The van der Waals surface area contributed by atoms with Crippen molar-refractivity contribution in [2.75, 3.05) is 63.2 Å². The van der Waals surface area contributed by atoms with Crippen molar-refractivity contribution in [2.24, 2.45) is 0 Å². The van der Waals surface area contributed by atoms with Crippen LogP contribution in [0.5, 0.6) is 5.75 Å². The molecule has 2 saturated heterocycles. The molecule has 2 aliphatic rings. The van der Waals surface area contributed by atoms with Crippen LogP contribution in [0.2, 0.25) is 0 Å². The third-order valence-electron chi connectivity index (χ3n) is 6.65. The van der Waals surface area contributed by atoms with E-state index in [1.165, 1.54) is 11.6 Å². The van der Waals surface area contributed by atoms with E-state index in [4.69, 9.17) is 21.7 Å². The summed E-state index contributed by atoms with van der Waals surface area (Å²) in [6.45, 7) is 5.03. The van der Waals surface area contributed by atoms with E-state index in [1.807, 2.05) is 50.2 Å². The quantitative estimate of drug-likeness (QED) is 0.444. The lowest BCUT2D eigenvalue weighted by Gasteiger charge is -2.36. The molecule has 0 aromatic heterocycles. The summed E-state index contributed by atoms with van der Waals surface area (Å²) in [6.07, 6.45) is 0.307. The van der Waals surface area contributed by atoms with Gasteiger partial charge in [0, 0.05) is 38.4 Å². The summed E-state index contributed by atoms with van der Waals surface area (Å²) in [5.41, 5.74) is 2.17. The number of benzene rings is 2. The molecule has 0 bridgehead atoms. The molecule has 2 aromatic carbocycles. The number of rotatable bonds is 10. The number of cyclic esters (lactones) is 1. The molecule has 4 rings (SSSR count). The minimum absolute atomic E-state index is 0.0375. The number of nitrogens with one attached hydrogen (secondary N) is 1. The minimum atomic E-state index is -0.616. The smallest absolute Gasteiger partial charge is 0.409 e. The van der Waals surface area contributed by atoms with Gasteiger partial charge in [0.15, 0.2) is 12.8 Å². The van der Waals surface area contributed by atoms with E-state index in [2.05, 4.69) is 10.2 Å². The fourth-order valence-corrected chi connectivity index (χ4v) is 5.15. The second-order valence-corrected chi connectivity index (χ2v) is 10.4. The molecule has 0 spiro atoms. The Labute approximate surface area is 234 Å². The Balaban J connectivity index is 1.32. The third-order valence-corrected chi connectivity index (χ3v) is 7.05. The molecule has 1 unspecified atom stereocenters. The van der Waals surface area contributed by atoms with Crippen molar-refractivity contribution in [3.63, 3.8) is 0 Å². The van der Waals surface area contributed by atoms with Gasteiger partial charge in [0.2, 0.25) is 0 Å². The van der Waals surface area contributed by atoms with Crippen molar-refractivity contribution in [1.29, 1.82) is 0 Å². The van der Waals surface area contributed by atoms with Crippen LogP contribution in [-0.2, 0) is 16.1 Å². The van der Waals surface area contributed by atoms with Gasteiger partial charge in [0.1, 0.15) is 11.6 Å². The van der Waals surface area contributed by atoms with E-state index in [0.717, 1.165) is 13.0 Å². The van der Waals surface area contributed by atoms with Gasteiger partial charge in [-0.2, -0.15) is 0 Å². The summed E-state index contributed by atoms with van der Waals surface area (Å²) in [4.78, 5) is 32.4. The number of halogens is 1. The molecule has 0 aliphatic carbocycles. The predicted molar refractivity (Wildman–Crippen MR) is 153 cm³/mol. The lowest BCUT2D eigenvalue weighted by molar-refractivity contribution is -0.133. The highest BCUT2D eigenvalue weighted by Crippen LogP contribution is 2.29. The number of carbonyl (C=O) groups is 2. The van der Waals surface area contributed by atoms with Gasteiger partial charge in [0.25, 0.3) is 5.91 Å². The summed E-state index contributed by atoms with van der Waals surface area (Å²) >= 11 is 5.57. The van der Waals surface area contributed by atoms with Gasteiger partial charge in [-0.3, -0.25) is 9.69 Å². The molecule has 2 aromatic rings. The molecule has 2 aliphatic heterocycles. The second kappa shape index (κ2) is 13.1. The zero-order valence-electron chi connectivity index (χ0n) is 22.7. The van der Waals surface area contributed by atoms with Gasteiger partial charge in [0.05, 0.1) is 17.2 Å². The minimum Gasteiger partial charge on any atom is -0.484 e. The van der Waals surface area contributed by atoms with E-state index < -0.39 is 18.1 Å². The molecule has 2 amide bonds. The molecule has 1 N–H and O–H groups in total. The van der Waals surface area contributed by atoms with Crippen molar-refractivity contribution < 1.29 is 23.5 Å². The first-order chi connectivity index (χ1) is 18.7. The van der Waals surface area contributed by atoms with Crippen LogP contribution in [0.3, 0.4) is 0 Å². The number of anilines is 2. The zero-order valence-corrected chi connectivity index (χ0v) is 23.5. The first-order valence-electron chi connectivity index (χ1n) is 13.2. The lowest BCUT2D eigenvalue weighted by Crippen LogP contribution is -2.50. The van der Waals surface area contributed by atoms with Gasteiger partial charge >= 0.3 is 6.09 Å². The SMILES string of the molecule is CCCC(=S)N(c1ccc(N2CCN(C(=O)COc3ccc(CN(C)C)cc3)CC2)c(F)c1)C1CNC(=O)O1. The van der Waals surface area contributed by atoms with Crippen molar-refractivity contribution in [1.82, 2.24) is 15.1 Å². The third kappa shape index (κ3) is 7.36. The average molecular weight is 558 g/mol. The van der Waals surface area contributed by atoms with Crippen molar-refractivity contribution in [2.45, 2.75) is 32.5 Å². The van der Waals surface area contributed by atoms with Crippen molar-refractivity contribution >= 4 is 40.6 Å². The monoisotopic (exact) mass is 557 g/mol. The number of hydrogen-bond donors (Lipinski definition) is 1. The number of nitrogens with zero attached hydrogens (tertiary/aromatic N) is 4. The van der Waals surface area contributed by atoms with Crippen molar-refractivity contribution in [3.05, 3.63) is 53.8 Å². The van der Waals surface area contributed by atoms with Crippen LogP contribution in [0.15, 0.2) is 42.5 Å². The van der Waals surface area contributed by atoms with Gasteiger partial charge in [-0.15, -0.1) is 0 Å². The summed E-state index contributed by atoms with van der Waals surface area (Å²) in [5.74, 6) is 0.166. The van der Waals surface area contributed by atoms with Crippen LogP contribution in [-0.4, -0.2) is 86.4 Å². The van der Waals surface area contributed by atoms with E-state index in [9.17, 15) is 9.59 Å². The molecule has 39 heavy (non-hydrogen) atoms. The van der Waals surface area contributed by atoms with Crippen LogP contribution < -0.4 is 19.9 Å². The molecule has 2 heterocycles. The highest BCUT2D eigenvalue weighted by atomic mass is 32.1.